The smallest absolute Gasteiger partial charge is 0.293 e. The molecule has 0 spiro atoms. The Hall–Kier alpha value is -3.29. The minimum absolute atomic E-state index is 0.0667. The summed E-state index contributed by atoms with van der Waals surface area (Å²) in [6, 6.07) is 17.3. The van der Waals surface area contributed by atoms with E-state index >= 15 is 0 Å². The van der Waals surface area contributed by atoms with Crippen LogP contribution < -0.4 is 9.47 Å². The van der Waals surface area contributed by atoms with E-state index in [1.165, 1.54) is 17.0 Å². The molecule has 0 bridgehead atoms. The van der Waals surface area contributed by atoms with Gasteiger partial charge in [0, 0.05) is 5.56 Å². The Morgan fingerprint density at radius 1 is 1.03 bits per heavy atom. The first-order valence-electron chi connectivity index (χ1n) is 11.0. The molecule has 1 saturated heterocycles. The minimum Gasteiger partial charge on any atom is -0.490 e. The van der Waals surface area contributed by atoms with E-state index in [0.29, 0.717) is 28.6 Å². The van der Waals surface area contributed by atoms with Gasteiger partial charge in [0.25, 0.3) is 11.1 Å². The van der Waals surface area contributed by atoms with Gasteiger partial charge in [-0.05, 0) is 67.1 Å². The third-order valence-electron chi connectivity index (χ3n) is 5.30. The average Bonchev–Trinajstić information content (AvgIpc) is 3.07. The van der Waals surface area contributed by atoms with Gasteiger partial charge in [0.05, 0.1) is 23.1 Å². The minimum atomic E-state index is -0.450. The molecule has 4 rings (SSSR count). The molecule has 1 fully saturated rings. The maximum Gasteiger partial charge on any atom is 0.293 e. The number of carbonyl (C=O) groups excluding carboxylic acids is 2. The van der Waals surface area contributed by atoms with Crippen molar-refractivity contribution in [3.05, 3.63) is 98.7 Å². The number of nitrogens with zero attached hydrogens (tertiary/aromatic N) is 1. The Morgan fingerprint density at radius 2 is 1.83 bits per heavy atom. The van der Waals surface area contributed by atoms with Gasteiger partial charge >= 0.3 is 0 Å². The van der Waals surface area contributed by atoms with Crippen LogP contribution in [0.1, 0.15) is 29.2 Å². The molecule has 1 aliphatic rings. The highest BCUT2D eigenvalue weighted by Crippen LogP contribution is 2.36. The van der Waals surface area contributed by atoms with Crippen LogP contribution in [-0.4, -0.2) is 22.7 Å². The van der Waals surface area contributed by atoms with Crippen LogP contribution in [0.15, 0.2) is 65.6 Å². The number of thioether (sulfide) groups is 1. The normalized spacial score (nSPS) is 14.6. The second-order valence-corrected chi connectivity index (χ2v) is 9.29. The number of benzene rings is 3. The fourth-order valence-corrected chi connectivity index (χ4v) is 4.66. The molecule has 180 valence electrons. The van der Waals surface area contributed by atoms with Crippen molar-refractivity contribution in [2.45, 2.75) is 27.0 Å². The van der Waals surface area contributed by atoms with E-state index in [4.69, 9.17) is 21.1 Å². The lowest BCUT2D eigenvalue weighted by atomic mass is 10.1. The highest BCUT2D eigenvalue weighted by molar-refractivity contribution is 8.18. The van der Waals surface area contributed by atoms with Crippen LogP contribution in [0.25, 0.3) is 6.08 Å². The van der Waals surface area contributed by atoms with Crippen LogP contribution in [0, 0.1) is 12.7 Å². The van der Waals surface area contributed by atoms with Crippen molar-refractivity contribution in [1.82, 2.24) is 4.90 Å². The van der Waals surface area contributed by atoms with E-state index in [1.54, 1.807) is 30.3 Å². The summed E-state index contributed by atoms with van der Waals surface area (Å²) >= 11 is 6.99. The van der Waals surface area contributed by atoms with Crippen molar-refractivity contribution < 1.29 is 23.5 Å². The lowest BCUT2D eigenvalue weighted by Gasteiger charge is -2.14. The number of rotatable bonds is 8. The number of aryl methyl sites for hydroxylation is 1. The van der Waals surface area contributed by atoms with E-state index < -0.39 is 5.82 Å². The van der Waals surface area contributed by atoms with Crippen molar-refractivity contribution in [3.8, 4) is 11.5 Å². The molecule has 3 aromatic carbocycles. The van der Waals surface area contributed by atoms with Crippen molar-refractivity contribution in [2.75, 3.05) is 6.61 Å². The van der Waals surface area contributed by atoms with Gasteiger partial charge < -0.3 is 9.47 Å². The zero-order valence-corrected chi connectivity index (χ0v) is 20.8. The summed E-state index contributed by atoms with van der Waals surface area (Å²) in [5, 5.41) is -0.0320. The average molecular weight is 512 g/mol. The molecule has 0 atom stereocenters. The first-order chi connectivity index (χ1) is 16.9. The van der Waals surface area contributed by atoms with E-state index in [9.17, 15) is 14.0 Å². The second kappa shape index (κ2) is 11.0. The second-order valence-electron chi connectivity index (χ2n) is 7.88. The van der Waals surface area contributed by atoms with Crippen LogP contribution in [0.2, 0.25) is 5.02 Å². The Balaban J connectivity index is 1.52. The molecule has 0 unspecified atom stereocenters. The topological polar surface area (TPSA) is 55.8 Å². The number of hydrogen-bond acceptors (Lipinski definition) is 5. The fourth-order valence-electron chi connectivity index (χ4n) is 3.60. The Bertz CT molecular complexity index is 1290. The van der Waals surface area contributed by atoms with Gasteiger partial charge in [0.2, 0.25) is 0 Å². The SMILES string of the molecule is CCOc1cc(/C=C2\SC(=O)N(Cc3cccc(C)c3)C2=O)ccc1OCc1c(F)cccc1Cl. The first-order valence-corrected chi connectivity index (χ1v) is 12.2. The maximum absolute atomic E-state index is 14.1. The summed E-state index contributed by atoms with van der Waals surface area (Å²) < 4.78 is 25.6. The highest BCUT2D eigenvalue weighted by atomic mass is 35.5. The predicted octanol–water partition coefficient (Wildman–Crippen LogP) is 7.00. The molecule has 0 radical (unpaired) electrons. The Morgan fingerprint density at radius 3 is 2.57 bits per heavy atom. The monoisotopic (exact) mass is 511 g/mol. The van der Waals surface area contributed by atoms with Crippen molar-refractivity contribution in [3.63, 3.8) is 0 Å². The molecule has 2 amide bonds. The van der Waals surface area contributed by atoms with Crippen molar-refractivity contribution >= 4 is 40.6 Å². The molecule has 3 aromatic rings. The standard InChI is InChI=1S/C27H23ClFNO4S/c1-3-33-24-13-18(10-11-23(24)34-16-20-21(28)8-5-9-22(20)29)14-25-26(31)30(27(32)35-25)15-19-7-4-6-17(2)12-19/h4-14H,3,15-16H2,1-2H3/b25-14-. The fraction of sp³-hybridized carbons (Fsp3) is 0.185. The van der Waals surface area contributed by atoms with Gasteiger partial charge in [-0.15, -0.1) is 0 Å². The largest absolute Gasteiger partial charge is 0.490 e. The summed E-state index contributed by atoms with van der Waals surface area (Å²) in [6.45, 7) is 4.33. The van der Waals surface area contributed by atoms with Gasteiger partial charge in [0.15, 0.2) is 11.5 Å². The molecule has 0 aliphatic carbocycles. The van der Waals surface area contributed by atoms with Gasteiger partial charge in [-0.3, -0.25) is 14.5 Å². The van der Waals surface area contributed by atoms with Gasteiger partial charge in [-0.2, -0.15) is 0 Å². The van der Waals surface area contributed by atoms with Crippen LogP contribution in [0.3, 0.4) is 0 Å². The summed E-state index contributed by atoms with van der Waals surface area (Å²) in [4.78, 5) is 27.0. The van der Waals surface area contributed by atoms with E-state index in [0.717, 1.165) is 22.9 Å². The molecule has 0 N–H and O–H groups in total. The summed E-state index contributed by atoms with van der Waals surface area (Å²) in [5.41, 5.74) is 2.88. The molecule has 1 heterocycles. The number of carbonyl (C=O) groups is 2. The molecule has 35 heavy (non-hydrogen) atoms. The zero-order chi connectivity index (χ0) is 24.9. The lowest BCUT2D eigenvalue weighted by Crippen LogP contribution is -2.27. The maximum atomic E-state index is 14.1. The lowest BCUT2D eigenvalue weighted by molar-refractivity contribution is -0.123. The van der Waals surface area contributed by atoms with E-state index in [1.807, 2.05) is 38.1 Å². The predicted molar refractivity (Wildman–Crippen MR) is 136 cm³/mol. The highest BCUT2D eigenvalue weighted by Gasteiger charge is 2.35. The quantitative estimate of drug-likeness (QED) is 0.305. The number of hydrogen-bond donors (Lipinski definition) is 0. The van der Waals surface area contributed by atoms with Gasteiger partial charge in [-0.25, -0.2) is 4.39 Å². The first kappa shape index (κ1) is 24.8. The number of imide groups is 1. The summed E-state index contributed by atoms with van der Waals surface area (Å²) in [6.07, 6.45) is 1.65. The number of amides is 2. The van der Waals surface area contributed by atoms with E-state index in [2.05, 4.69) is 0 Å². The third-order valence-corrected chi connectivity index (χ3v) is 6.56. The molecule has 0 aromatic heterocycles. The Labute approximate surface area is 212 Å². The van der Waals surface area contributed by atoms with Crippen LogP contribution >= 0.6 is 23.4 Å². The van der Waals surface area contributed by atoms with Crippen LogP contribution in [0.4, 0.5) is 9.18 Å². The molecule has 0 saturated carbocycles. The number of halogens is 2. The number of ether oxygens (including phenoxy) is 2. The van der Waals surface area contributed by atoms with E-state index in [-0.39, 0.29) is 34.9 Å². The van der Waals surface area contributed by atoms with Crippen molar-refractivity contribution in [2.24, 2.45) is 0 Å². The Kier molecular flexibility index (Phi) is 7.78. The zero-order valence-electron chi connectivity index (χ0n) is 19.2. The summed E-state index contributed by atoms with van der Waals surface area (Å²) in [5.74, 6) is 0.0611. The summed E-state index contributed by atoms with van der Waals surface area (Å²) in [7, 11) is 0. The molecule has 1 aliphatic heterocycles. The van der Waals surface area contributed by atoms with Gasteiger partial charge in [-0.1, -0.05) is 53.6 Å². The third kappa shape index (κ3) is 5.86. The molecule has 5 nitrogen and oxygen atoms in total. The molecular weight excluding hydrogens is 489 g/mol. The van der Waals surface area contributed by atoms with Crippen LogP contribution in [-0.2, 0) is 17.9 Å². The molecule has 8 heteroatoms. The van der Waals surface area contributed by atoms with Gasteiger partial charge in [0.1, 0.15) is 12.4 Å². The van der Waals surface area contributed by atoms with Crippen LogP contribution in [0.5, 0.6) is 11.5 Å². The van der Waals surface area contributed by atoms with Crippen molar-refractivity contribution in [1.29, 1.82) is 0 Å². The molecular formula is C27H23ClFNO4S.